The van der Waals surface area contributed by atoms with Crippen LogP contribution in [0.15, 0.2) is 24.3 Å². The molecule has 2 heteroatoms. The highest BCUT2D eigenvalue weighted by atomic mass is 16.3. The van der Waals surface area contributed by atoms with E-state index in [1.54, 1.807) is 0 Å². The Morgan fingerprint density at radius 3 is 2.39 bits per heavy atom. The van der Waals surface area contributed by atoms with Crippen LogP contribution in [0.3, 0.4) is 0 Å². The van der Waals surface area contributed by atoms with Gasteiger partial charge in [0, 0.05) is 12.1 Å². The summed E-state index contributed by atoms with van der Waals surface area (Å²) in [7, 11) is 0. The maximum atomic E-state index is 9.69. The minimum absolute atomic E-state index is 0.0442. The summed E-state index contributed by atoms with van der Waals surface area (Å²) in [6, 6.07) is 8.62. The minimum Gasteiger partial charge on any atom is -0.394 e. The SMILES string of the molecule is Cc1ccc(CNC2(CO)CCC(C)CC2)cc1. The summed E-state index contributed by atoms with van der Waals surface area (Å²) in [6.07, 6.45) is 4.63. The molecule has 2 N–H and O–H groups in total. The van der Waals surface area contributed by atoms with Crippen LogP contribution < -0.4 is 5.32 Å². The lowest BCUT2D eigenvalue weighted by Crippen LogP contribution is -2.50. The molecule has 1 aliphatic carbocycles. The molecule has 0 saturated heterocycles. The maximum Gasteiger partial charge on any atom is 0.0613 e. The van der Waals surface area contributed by atoms with Gasteiger partial charge in [-0.2, -0.15) is 0 Å². The monoisotopic (exact) mass is 247 g/mol. The van der Waals surface area contributed by atoms with Crippen molar-refractivity contribution in [2.24, 2.45) is 5.92 Å². The Morgan fingerprint density at radius 2 is 1.83 bits per heavy atom. The van der Waals surface area contributed by atoms with Crippen LogP contribution >= 0.6 is 0 Å². The second kappa shape index (κ2) is 5.85. The minimum atomic E-state index is -0.0442. The lowest BCUT2D eigenvalue weighted by molar-refractivity contribution is 0.104. The third-order valence-corrected chi connectivity index (χ3v) is 4.32. The van der Waals surface area contributed by atoms with E-state index < -0.39 is 0 Å². The number of nitrogens with one attached hydrogen (secondary N) is 1. The number of aryl methyl sites for hydroxylation is 1. The molecule has 18 heavy (non-hydrogen) atoms. The van der Waals surface area contributed by atoms with Gasteiger partial charge in [0.05, 0.1) is 6.61 Å². The zero-order valence-corrected chi connectivity index (χ0v) is 11.6. The standard InChI is InChI=1S/C16H25NO/c1-13-3-5-15(6-4-13)11-17-16(12-18)9-7-14(2)8-10-16/h3-6,14,17-18H,7-12H2,1-2H3. The molecule has 1 fully saturated rings. The molecule has 0 unspecified atom stereocenters. The molecule has 0 aliphatic heterocycles. The number of hydrogen-bond acceptors (Lipinski definition) is 2. The molecule has 0 atom stereocenters. The Balaban J connectivity index is 1.92. The zero-order valence-electron chi connectivity index (χ0n) is 11.6. The molecule has 100 valence electrons. The van der Waals surface area contributed by atoms with Crippen molar-refractivity contribution in [1.29, 1.82) is 0 Å². The molecule has 0 amide bonds. The third-order valence-electron chi connectivity index (χ3n) is 4.32. The van der Waals surface area contributed by atoms with E-state index in [1.165, 1.54) is 24.0 Å². The van der Waals surface area contributed by atoms with Crippen LogP contribution in [0, 0.1) is 12.8 Å². The van der Waals surface area contributed by atoms with Crippen LogP contribution in [0.1, 0.15) is 43.7 Å². The molecular formula is C16H25NO. The largest absolute Gasteiger partial charge is 0.394 e. The van der Waals surface area contributed by atoms with Crippen molar-refractivity contribution in [3.05, 3.63) is 35.4 Å². The summed E-state index contributed by atoms with van der Waals surface area (Å²) in [5, 5.41) is 13.3. The predicted octanol–water partition coefficient (Wildman–Crippen LogP) is 3.03. The first kappa shape index (κ1) is 13.6. The molecule has 2 rings (SSSR count). The van der Waals surface area contributed by atoms with Gasteiger partial charge in [0.15, 0.2) is 0 Å². The van der Waals surface area contributed by atoms with E-state index in [9.17, 15) is 5.11 Å². The summed E-state index contributed by atoms with van der Waals surface area (Å²) in [6.45, 7) is 5.52. The van der Waals surface area contributed by atoms with Crippen molar-refractivity contribution in [2.45, 2.75) is 51.6 Å². The number of aliphatic hydroxyl groups is 1. The fourth-order valence-corrected chi connectivity index (χ4v) is 2.70. The first-order valence-electron chi connectivity index (χ1n) is 7.05. The quantitative estimate of drug-likeness (QED) is 0.857. The summed E-state index contributed by atoms with van der Waals surface area (Å²) < 4.78 is 0. The Hall–Kier alpha value is -0.860. The Kier molecular flexibility index (Phi) is 4.41. The van der Waals surface area contributed by atoms with E-state index in [-0.39, 0.29) is 12.1 Å². The molecule has 0 bridgehead atoms. The van der Waals surface area contributed by atoms with Crippen LogP contribution in [0.25, 0.3) is 0 Å². The fraction of sp³-hybridized carbons (Fsp3) is 0.625. The first-order valence-corrected chi connectivity index (χ1v) is 7.05. The van der Waals surface area contributed by atoms with Gasteiger partial charge in [0.2, 0.25) is 0 Å². The van der Waals surface area contributed by atoms with Gasteiger partial charge in [-0.15, -0.1) is 0 Å². The summed E-state index contributed by atoms with van der Waals surface area (Å²) in [5.41, 5.74) is 2.55. The van der Waals surface area contributed by atoms with E-state index >= 15 is 0 Å². The van der Waals surface area contributed by atoms with Gasteiger partial charge in [0.1, 0.15) is 0 Å². The normalized spacial score (nSPS) is 28.3. The second-order valence-corrected chi connectivity index (χ2v) is 5.96. The molecule has 2 nitrogen and oxygen atoms in total. The van der Waals surface area contributed by atoms with Crippen LogP contribution in [-0.4, -0.2) is 17.3 Å². The van der Waals surface area contributed by atoms with Crippen molar-refractivity contribution in [1.82, 2.24) is 5.32 Å². The van der Waals surface area contributed by atoms with E-state index in [1.807, 2.05) is 0 Å². The average molecular weight is 247 g/mol. The van der Waals surface area contributed by atoms with Crippen molar-refractivity contribution >= 4 is 0 Å². The van der Waals surface area contributed by atoms with E-state index in [4.69, 9.17) is 0 Å². The van der Waals surface area contributed by atoms with Gasteiger partial charge in [-0.3, -0.25) is 0 Å². The van der Waals surface area contributed by atoms with Crippen LogP contribution in [0.2, 0.25) is 0 Å². The summed E-state index contributed by atoms with van der Waals surface area (Å²) >= 11 is 0. The fourth-order valence-electron chi connectivity index (χ4n) is 2.70. The predicted molar refractivity (Wildman–Crippen MR) is 75.5 cm³/mol. The molecular weight excluding hydrogens is 222 g/mol. The topological polar surface area (TPSA) is 32.3 Å². The number of rotatable bonds is 4. The van der Waals surface area contributed by atoms with Crippen LogP contribution in [-0.2, 0) is 6.54 Å². The molecule has 0 spiro atoms. The second-order valence-electron chi connectivity index (χ2n) is 5.96. The first-order chi connectivity index (χ1) is 8.63. The van der Waals surface area contributed by atoms with Crippen molar-refractivity contribution in [3.63, 3.8) is 0 Å². The smallest absolute Gasteiger partial charge is 0.0613 e. The number of aliphatic hydroxyl groups excluding tert-OH is 1. The summed E-state index contributed by atoms with van der Waals surface area (Å²) in [5.74, 6) is 0.811. The van der Waals surface area contributed by atoms with Gasteiger partial charge >= 0.3 is 0 Å². The molecule has 1 saturated carbocycles. The number of hydrogen-bond donors (Lipinski definition) is 2. The lowest BCUT2D eigenvalue weighted by atomic mass is 9.77. The van der Waals surface area contributed by atoms with Crippen molar-refractivity contribution < 1.29 is 5.11 Å². The molecule has 0 radical (unpaired) electrons. The molecule has 0 heterocycles. The highest BCUT2D eigenvalue weighted by molar-refractivity contribution is 5.21. The van der Waals surface area contributed by atoms with Crippen LogP contribution in [0.5, 0.6) is 0 Å². The Bertz CT molecular complexity index is 363. The summed E-state index contributed by atoms with van der Waals surface area (Å²) in [4.78, 5) is 0. The zero-order chi connectivity index (χ0) is 13.0. The van der Waals surface area contributed by atoms with E-state index in [0.29, 0.717) is 0 Å². The van der Waals surface area contributed by atoms with E-state index in [2.05, 4.69) is 43.4 Å². The van der Waals surface area contributed by atoms with Crippen molar-refractivity contribution in [2.75, 3.05) is 6.61 Å². The molecule has 1 aromatic carbocycles. The Labute approximate surface area is 110 Å². The van der Waals surface area contributed by atoms with Gasteiger partial charge in [-0.05, 0) is 44.1 Å². The Morgan fingerprint density at radius 1 is 1.22 bits per heavy atom. The van der Waals surface area contributed by atoms with Gasteiger partial charge in [-0.25, -0.2) is 0 Å². The number of benzene rings is 1. The van der Waals surface area contributed by atoms with Gasteiger partial charge in [-0.1, -0.05) is 36.8 Å². The molecule has 1 aliphatic rings. The lowest BCUT2D eigenvalue weighted by Gasteiger charge is -2.39. The average Bonchev–Trinajstić information content (AvgIpc) is 2.41. The molecule has 0 aromatic heterocycles. The highest BCUT2D eigenvalue weighted by Gasteiger charge is 2.32. The molecule has 1 aromatic rings. The van der Waals surface area contributed by atoms with Gasteiger partial charge < -0.3 is 10.4 Å². The van der Waals surface area contributed by atoms with Gasteiger partial charge in [0.25, 0.3) is 0 Å². The van der Waals surface area contributed by atoms with E-state index in [0.717, 1.165) is 25.3 Å². The van der Waals surface area contributed by atoms with Crippen LogP contribution in [0.4, 0.5) is 0 Å². The maximum absolute atomic E-state index is 9.69. The van der Waals surface area contributed by atoms with Crippen molar-refractivity contribution in [3.8, 4) is 0 Å². The third kappa shape index (κ3) is 3.33. The highest BCUT2D eigenvalue weighted by Crippen LogP contribution is 2.31.